The molecule has 336 valence electrons. The standard InChI is InChI=1S/C2H7O3P.C2H4O2.C2H6.CH5NO3S.CH4N.CH5O4P.CH4O4S.CH5O3P.CH4O3S.CH4O.9W/c1-5-6(2,3)4;1-2(3)4;1-2;1-5-6(2,3)4;1-2;2*1-5-6(2,3)4;2*1-5(2,3)4;1-2;;;;;;;;;/h1-2H3,(H,3,4);1H3,(H,3,4);1-2H3;1H3,(H2,2,3,4);2H,1H3;1H3,(H2,2,3,4);1H3,(H,2,3,4);1H3,(H2,2,3,4);1H3,(H,2,3,4);2H,1H3;;;;;;;;;/q;;;;-1;;;;;;;;;;;;;;. The van der Waals surface area contributed by atoms with Crippen molar-refractivity contribution < 1.29 is 295 Å². The number of nitrogens with two attached hydrogens (primary N) is 1. The van der Waals surface area contributed by atoms with Crippen LogP contribution in [0.1, 0.15) is 20.8 Å². The average molecular weight is 2440 g/mol. The third-order valence-corrected chi connectivity index (χ3v) is 3.06. The Hall–Kier alpha value is 5.64. The molecule has 1 atom stereocenters. The zero-order valence-electron chi connectivity index (χ0n) is 29.6. The molecular formula is C13H48N2O23P3S3W9-. The van der Waals surface area contributed by atoms with E-state index in [2.05, 4.69) is 22.6 Å². The molecule has 53 heavy (non-hydrogen) atoms. The van der Waals surface area contributed by atoms with Crippen molar-refractivity contribution in [1.29, 1.82) is 0 Å². The maximum atomic E-state index is 9.92. The van der Waals surface area contributed by atoms with Crippen molar-refractivity contribution in [1.82, 2.24) is 0 Å². The van der Waals surface area contributed by atoms with Crippen molar-refractivity contribution in [3.63, 3.8) is 0 Å². The minimum Gasteiger partial charge on any atom is -0.680 e. The van der Waals surface area contributed by atoms with Gasteiger partial charge in [0.2, 0.25) is 0 Å². The van der Waals surface area contributed by atoms with Gasteiger partial charge in [0.1, 0.15) is 0 Å². The number of rotatable bonds is 4. The number of carboxylic acid groups (broad SMARTS) is 1. The monoisotopic (exact) mass is 2440 g/mol. The summed E-state index contributed by atoms with van der Waals surface area (Å²) in [6.45, 7) is 7.07. The van der Waals surface area contributed by atoms with Crippen LogP contribution >= 0.6 is 23.0 Å². The van der Waals surface area contributed by atoms with Crippen LogP contribution in [-0.2, 0) is 256 Å². The van der Waals surface area contributed by atoms with Crippen LogP contribution in [0.2, 0.25) is 0 Å². The zero-order valence-corrected chi connectivity index (χ0v) is 61.1. The van der Waals surface area contributed by atoms with Crippen LogP contribution in [0, 0.1) is 0 Å². The van der Waals surface area contributed by atoms with E-state index in [0.29, 0.717) is 6.26 Å². The summed E-state index contributed by atoms with van der Waals surface area (Å²) in [5.41, 5.74) is 5.75. The third kappa shape index (κ3) is 573. The number of aliphatic hydroxyl groups excluding tert-OH is 1. The number of hydrogen-bond donors (Lipinski definition) is 10. The van der Waals surface area contributed by atoms with E-state index in [-0.39, 0.29) is 190 Å². The molecule has 25 nitrogen and oxygen atoms in total. The predicted octanol–water partition coefficient (Wildman–Crippen LogP) is -0.885. The van der Waals surface area contributed by atoms with Gasteiger partial charge in [0.25, 0.3) is 16.1 Å². The number of carboxylic acids is 1. The molecule has 0 aliphatic heterocycles. The Kier molecular flexibility index (Phi) is 183. The maximum absolute atomic E-state index is 9.92. The predicted molar refractivity (Wildman–Crippen MR) is 159 cm³/mol. The fraction of sp³-hybridized carbons (Fsp3) is 0.923. The molecule has 0 fully saturated rings. The summed E-state index contributed by atoms with van der Waals surface area (Å²) < 4.78 is 115. The third-order valence-electron chi connectivity index (χ3n) is 1.02. The van der Waals surface area contributed by atoms with Gasteiger partial charge in [-0.3, -0.25) is 35.9 Å². The maximum Gasteiger partial charge on any atom is 0.469 e. The van der Waals surface area contributed by atoms with E-state index in [1.807, 2.05) is 13.8 Å². The molecule has 0 saturated carbocycles. The van der Waals surface area contributed by atoms with Crippen molar-refractivity contribution >= 4 is 59.8 Å². The van der Waals surface area contributed by atoms with Crippen molar-refractivity contribution in [3.8, 4) is 0 Å². The van der Waals surface area contributed by atoms with E-state index in [1.54, 1.807) is 0 Å². The zero-order chi connectivity index (χ0) is 39.4. The van der Waals surface area contributed by atoms with Crippen LogP contribution in [0.5, 0.6) is 0 Å². The molecular weight excluding hydrogens is 2400 g/mol. The Morgan fingerprint density at radius 1 is 0.623 bits per heavy atom. The van der Waals surface area contributed by atoms with Crippen LogP contribution in [0.4, 0.5) is 0 Å². The summed E-state index contributed by atoms with van der Waals surface area (Å²) in [5, 5.41) is 18.7. The summed E-state index contributed by atoms with van der Waals surface area (Å²) in [4.78, 5) is 47.9. The molecule has 1 unspecified atom stereocenters. The normalized spacial score (nSPS) is 9.25. The average Bonchev–Trinajstić information content (AvgIpc) is 2.80. The van der Waals surface area contributed by atoms with Crippen molar-refractivity contribution in [2.75, 3.05) is 62.2 Å². The number of nitrogens with one attached hydrogen (secondary N) is 1. The van der Waals surface area contributed by atoms with Crippen LogP contribution in [-0.4, -0.2) is 137 Å². The summed E-state index contributed by atoms with van der Waals surface area (Å²) >= 11 is 0. The number of carbonyl (C=O) groups is 1. The van der Waals surface area contributed by atoms with E-state index in [4.69, 9.17) is 54.3 Å². The van der Waals surface area contributed by atoms with E-state index in [1.165, 1.54) is 14.2 Å². The molecule has 0 rings (SSSR count). The quantitative estimate of drug-likeness (QED) is 0.121. The fourth-order valence-corrected chi connectivity index (χ4v) is 0. The first-order valence-electron chi connectivity index (χ1n) is 9.66. The molecule has 12 N–H and O–H groups in total. The van der Waals surface area contributed by atoms with Gasteiger partial charge in [-0.05, 0) is 0 Å². The summed E-state index contributed by atoms with van der Waals surface area (Å²) in [5.74, 6) is -0.833. The molecule has 40 heteroatoms. The van der Waals surface area contributed by atoms with Crippen molar-refractivity contribution in [2.45, 2.75) is 20.8 Å². The summed E-state index contributed by atoms with van der Waals surface area (Å²) in [7, 11) is -16.2. The molecule has 0 radical (unpaired) electrons. The minimum absolute atomic E-state index is 0. The summed E-state index contributed by atoms with van der Waals surface area (Å²) in [6.07, 6.45) is 0.715. The topological polar surface area (TPSA) is 440 Å². The molecule has 0 aromatic rings. The first kappa shape index (κ1) is 124. The second kappa shape index (κ2) is 78.2. The van der Waals surface area contributed by atoms with Crippen LogP contribution in [0.25, 0.3) is 5.73 Å². The molecule has 0 aliphatic rings. The van der Waals surface area contributed by atoms with Gasteiger partial charge in [-0.2, -0.15) is 32.3 Å². The SMILES string of the molecule is CC.CC(=O)O.CO.COP(=O)(O)O.COP(C)(=O)O.COS(=O)(=O)O.COS(N)(=O)=O.CP(=O)(O)O.CS(=O)(=O)O.C[NH-].[W].[W].[W].[W].[W].[W].[W].[W].[W]. The molecule has 0 aromatic heterocycles. The number of aliphatic carboxylic acids is 1. The van der Waals surface area contributed by atoms with Crippen molar-refractivity contribution in [2.24, 2.45) is 5.14 Å². The second-order valence-electron chi connectivity index (χ2n) is 5.00. The van der Waals surface area contributed by atoms with E-state index < -0.39 is 59.8 Å². The number of phosphoric ester groups is 1. The number of aliphatic hydroxyl groups is 1. The number of hydrogen-bond acceptors (Lipinski definition) is 15. The van der Waals surface area contributed by atoms with Gasteiger partial charge >= 0.3 is 43.7 Å². The molecule has 0 bridgehead atoms. The summed E-state index contributed by atoms with van der Waals surface area (Å²) in [6, 6.07) is 0. The van der Waals surface area contributed by atoms with Crippen LogP contribution in [0.3, 0.4) is 0 Å². The van der Waals surface area contributed by atoms with Gasteiger partial charge in [0.05, 0.1) is 20.5 Å². The molecule has 0 amide bonds. The minimum atomic E-state index is -4.16. The van der Waals surface area contributed by atoms with Crippen LogP contribution < -0.4 is 5.14 Å². The Bertz CT molecular complexity index is 1010. The molecule has 0 heterocycles. The smallest absolute Gasteiger partial charge is 0.469 e. The van der Waals surface area contributed by atoms with Gasteiger partial charge in [-0.25, -0.2) is 9.70 Å². The fourth-order valence-electron chi connectivity index (χ4n) is 0. The van der Waals surface area contributed by atoms with Gasteiger partial charge in [0.15, 0.2) is 0 Å². The Morgan fingerprint density at radius 3 is 0.698 bits per heavy atom. The van der Waals surface area contributed by atoms with E-state index in [9.17, 15) is 38.9 Å². The molecule has 0 aromatic carbocycles. The molecule has 0 saturated heterocycles. The van der Waals surface area contributed by atoms with E-state index in [0.717, 1.165) is 48.7 Å². The largest absolute Gasteiger partial charge is 0.680 e. The Labute approximate surface area is 441 Å². The molecule has 0 spiro atoms. The Balaban J connectivity index is -0.0000000142. The van der Waals surface area contributed by atoms with Gasteiger partial charge in [-0.1, -0.05) is 13.8 Å². The first-order valence-corrected chi connectivity index (χ1v) is 20.0. The Morgan fingerprint density at radius 2 is 0.698 bits per heavy atom. The van der Waals surface area contributed by atoms with Gasteiger partial charge in [-0.15, -0.1) is 0 Å². The van der Waals surface area contributed by atoms with Gasteiger partial charge < -0.3 is 44.9 Å². The molecule has 0 aliphatic carbocycles. The van der Waals surface area contributed by atoms with E-state index >= 15 is 0 Å². The van der Waals surface area contributed by atoms with Crippen molar-refractivity contribution in [3.05, 3.63) is 5.73 Å². The first-order chi connectivity index (χ1) is 19.0. The van der Waals surface area contributed by atoms with Crippen LogP contribution in [0.15, 0.2) is 0 Å². The number of phosphoric acid groups is 1. The van der Waals surface area contributed by atoms with Gasteiger partial charge in [0, 0.05) is 231 Å². The second-order valence-corrected chi connectivity index (χ2v) is 14.0.